The number of nitro groups is 1. The van der Waals surface area contributed by atoms with Gasteiger partial charge < -0.3 is 10.1 Å². The molecule has 2 heterocycles. The van der Waals surface area contributed by atoms with Gasteiger partial charge in [-0.2, -0.15) is 0 Å². The molecule has 0 aliphatic carbocycles. The van der Waals surface area contributed by atoms with Crippen LogP contribution < -0.4 is 10.6 Å². The molecule has 1 aromatic carbocycles. The molecular formula is C15H13N3O5S. The van der Waals surface area contributed by atoms with E-state index in [1.54, 1.807) is 31.4 Å². The molecule has 0 spiro atoms. The molecule has 0 bridgehead atoms. The lowest BCUT2D eigenvalue weighted by Gasteiger charge is -2.32. The Morgan fingerprint density at radius 2 is 2.17 bits per heavy atom. The minimum absolute atomic E-state index is 0.0463. The van der Waals surface area contributed by atoms with E-state index in [9.17, 15) is 19.7 Å². The third kappa shape index (κ3) is 2.81. The monoisotopic (exact) mass is 347 g/mol. The van der Waals surface area contributed by atoms with Crippen molar-refractivity contribution in [3.8, 4) is 0 Å². The number of nitro benzene ring substituents is 1. The van der Waals surface area contributed by atoms with Gasteiger partial charge in [0.25, 0.3) is 11.6 Å². The lowest BCUT2D eigenvalue weighted by atomic mass is 9.93. The van der Waals surface area contributed by atoms with Crippen LogP contribution in [0.3, 0.4) is 0 Å². The van der Waals surface area contributed by atoms with Crippen molar-refractivity contribution in [2.45, 2.75) is 19.4 Å². The van der Waals surface area contributed by atoms with Crippen LogP contribution in [0.1, 0.15) is 29.1 Å². The number of cyclic esters (lactones) is 1. The first-order valence-corrected chi connectivity index (χ1v) is 7.83. The second kappa shape index (κ2) is 5.60. The number of anilines is 2. The number of hydrogen-bond donors (Lipinski definition) is 2. The molecule has 24 heavy (non-hydrogen) atoms. The average Bonchev–Trinajstić information content (AvgIpc) is 3.00. The van der Waals surface area contributed by atoms with E-state index >= 15 is 0 Å². The lowest BCUT2D eigenvalue weighted by Crippen LogP contribution is -2.35. The van der Waals surface area contributed by atoms with Crippen molar-refractivity contribution in [1.29, 1.82) is 0 Å². The maximum absolute atomic E-state index is 12.2. The fourth-order valence-corrected chi connectivity index (χ4v) is 3.07. The van der Waals surface area contributed by atoms with Crippen molar-refractivity contribution >= 4 is 40.4 Å². The highest BCUT2D eigenvalue weighted by Gasteiger charge is 2.36. The molecule has 1 aromatic heterocycles. The van der Waals surface area contributed by atoms with Gasteiger partial charge in [0.15, 0.2) is 0 Å². The Morgan fingerprint density at radius 1 is 1.42 bits per heavy atom. The first kappa shape index (κ1) is 15.9. The van der Waals surface area contributed by atoms with Crippen molar-refractivity contribution in [1.82, 2.24) is 0 Å². The molecule has 0 saturated heterocycles. The summed E-state index contributed by atoms with van der Waals surface area (Å²) in [6.45, 7) is 3.34. The Morgan fingerprint density at radius 3 is 2.79 bits per heavy atom. The summed E-state index contributed by atoms with van der Waals surface area (Å²) < 4.78 is 5.20. The smallest absolute Gasteiger partial charge is 0.412 e. The predicted molar refractivity (Wildman–Crippen MR) is 88.5 cm³/mol. The lowest BCUT2D eigenvalue weighted by molar-refractivity contribution is -0.383. The summed E-state index contributed by atoms with van der Waals surface area (Å²) in [6.07, 6.45) is -0.683. The van der Waals surface area contributed by atoms with E-state index < -0.39 is 22.5 Å². The number of nitrogens with one attached hydrogen (secondary N) is 2. The van der Waals surface area contributed by atoms with E-state index in [1.165, 1.54) is 23.5 Å². The van der Waals surface area contributed by atoms with Crippen LogP contribution in [0.4, 0.5) is 21.9 Å². The molecule has 3 rings (SSSR count). The molecule has 124 valence electrons. The molecule has 1 aliphatic rings. The second-order valence-corrected chi connectivity index (χ2v) is 6.58. The predicted octanol–water partition coefficient (Wildman–Crippen LogP) is 3.71. The summed E-state index contributed by atoms with van der Waals surface area (Å²) in [5.74, 6) is -0.438. The number of thiophene rings is 1. The van der Waals surface area contributed by atoms with Crippen LogP contribution in [0.2, 0.25) is 0 Å². The number of nitrogens with zero attached hydrogens (tertiary/aromatic N) is 1. The largest absolute Gasteiger partial charge is 0.438 e. The van der Waals surface area contributed by atoms with Gasteiger partial charge in [0.2, 0.25) is 0 Å². The van der Waals surface area contributed by atoms with Crippen molar-refractivity contribution in [3.63, 3.8) is 0 Å². The number of carbonyl (C=O) groups is 2. The summed E-state index contributed by atoms with van der Waals surface area (Å²) >= 11 is 1.23. The number of hydrogen-bond acceptors (Lipinski definition) is 6. The number of rotatable bonds is 3. The number of fused-ring (bicyclic) bond motifs is 1. The van der Waals surface area contributed by atoms with Crippen molar-refractivity contribution < 1.29 is 19.2 Å². The quantitative estimate of drug-likeness (QED) is 0.649. The van der Waals surface area contributed by atoms with E-state index in [2.05, 4.69) is 10.6 Å². The zero-order chi connectivity index (χ0) is 17.5. The second-order valence-electron chi connectivity index (χ2n) is 5.63. The third-order valence-electron chi connectivity index (χ3n) is 3.56. The minimum Gasteiger partial charge on any atom is -0.438 e. The molecule has 2 amide bonds. The van der Waals surface area contributed by atoms with Crippen molar-refractivity contribution in [2.75, 3.05) is 10.6 Å². The Bertz CT molecular complexity index is 845. The van der Waals surface area contributed by atoms with Gasteiger partial charge in [-0.25, -0.2) is 4.79 Å². The summed E-state index contributed by atoms with van der Waals surface area (Å²) in [5.41, 5.74) is -0.414. The van der Waals surface area contributed by atoms with Crippen molar-refractivity contribution in [3.05, 3.63) is 50.2 Å². The van der Waals surface area contributed by atoms with Gasteiger partial charge in [0, 0.05) is 11.6 Å². The molecule has 0 radical (unpaired) electrons. The highest BCUT2D eigenvalue weighted by molar-refractivity contribution is 7.12. The van der Waals surface area contributed by atoms with Gasteiger partial charge >= 0.3 is 6.09 Å². The standard InChI is InChI=1S/C15H13N3O5S/c1-15(2)8-6-10(16-13(19)12-4-3-5-24-12)11(18(21)22)7-9(8)17-14(20)23-15/h3-7H,1-2H3,(H,16,19)(H,17,20). The maximum atomic E-state index is 12.2. The molecule has 0 fully saturated rings. The van der Waals surface area contributed by atoms with Gasteiger partial charge in [-0.05, 0) is 31.4 Å². The SMILES string of the molecule is CC1(C)OC(=O)Nc2cc([N+](=O)[O-])c(NC(=O)c3cccs3)cc21. The third-order valence-corrected chi connectivity index (χ3v) is 4.43. The molecule has 0 unspecified atom stereocenters. The van der Waals surface area contributed by atoms with Crippen LogP contribution in [-0.4, -0.2) is 16.9 Å². The van der Waals surface area contributed by atoms with Gasteiger partial charge in [-0.15, -0.1) is 11.3 Å². The zero-order valence-electron chi connectivity index (χ0n) is 12.8. The summed E-state index contributed by atoms with van der Waals surface area (Å²) in [6, 6.07) is 6.02. The molecule has 1 aliphatic heterocycles. The van der Waals surface area contributed by atoms with Crippen molar-refractivity contribution in [2.24, 2.45) is 0 Å². The van der Waals surface area contributed by atoms with Crippen LogP contribution >= 0.6 is 11.3 Å². The van der Waals surface area contributed by atoms with Crippen LogP contribution in [0.25, 0.3) is 0 Å². The van der Waals surface area contributed by atoms with E-state index in [1.807, 2.05) is 0 Å². The molecule has 0 saturated carbocycles. The van der Waals surface area contributed by atoms with Crippen LogP contribution in [0.5, 0.6) is 0 Å². The number of benzene rings is 1. The maximum Gasteiger partial charge on any atom is 0.412 e. The van der Waals surface area contributed by atoms with Gasteiger partial charge in [0.1, 0.15) is 11.3 Å². The molecule has 8 nitrogen and oxygen atoms in total. The van der Waals surface area contributed by atoms with Gasteiger partial charge in [0.05, 0.1) is 15.5 Å². The number of amides is 2. The van der Waals surface area contributed by atoms with Crippen LogP contribution in [0.15, 0.2) is 29.6 Å². The Kier molecular flexibility index (Phi) is 3.72. The molecule has 0 atom stereocenters. The van der Waals surface area contributed by atoms with E-state index in [4.69, 9.17) is 4.74 Å². The summed E-state index contributed by atoms with van der Waals surface area (Å²) in [5, 5.41) is 18.1. The van der Waals surface area contributed by atoms with Gasteiger partial charge in [-0.3, -0.25) is 20.2 Å². The first-order chi connectivity index (χ1) is 11.3. The minimum atomic E-state index is -0.977. The van der Waals surface area contributed by atoms with Crippen LogP contribution in [0, 0.1) is 10.1 Å². The summed E-state index contributed by atoms with van der Waals surface area (Å²) in [4.78, 5) is 34.9. The fourth-order valence-electron chi connectivity index (χ4n) is 2.45. The topological polar surface area (TPSA) is 111 Å². The molecule has 9 heteroatoms. The van der Waals surface area contributed by atoms with E-state index in [-0.39, 0.29) is 17.1 Å². The normalized spacial score (nSPS) is 15.0. The van der Waals surface area contributed by atoms with E-state index in [0.717, 1.165) is 0 Å². The zero-order valence-corrected chi connectivity index (χ0v) is 13.6. The Hall–Kier alpha value is -2.94. The molecule has 2 aromatic rings. The summed E-state index contributed by atoms with van der Waals surface area (Å²) in [7, 11) is 0. The number of ether oxygens (including phenoxy) is 1. The fraction of sp³-hybridized carbons (Fsp3) is 0.200. The van der Waals surface area contributed by atoms with Crippen LogP contribution in [-0.2, 0) is 10.3 Å². The average molecular weight is 347 g/mol. The highest BCUT2D eigenvalue weighted by atomic mass is 32.1. The number of carbonyl (C=O) groups excluding carboxylic acids is 2. The molecular weight excluding hydrogens is 334 g/mol. The Balaban J connectivity index is 2.07. The van der Waals surface area contributed by atoms with E-state index in [0.29, 0.717) is 10.4 Å². The molecule has 2 N–H and O–H groups in total. The highest BCUT2D eigenvalue weighted by Crippen LogP contribution is 2.41. The Labute approximate surface area is 140 Å². The van der Waals surface area contributed by atoms with Gasteiger partial charge in [-0.1, -0.05) is 6.07 Å². The first-order valence-electron chi connectivity index (χ1n) is 6.96.